The highest BCUT2D eigenvalue weighted by Gasteiger charge is 2.23. The number of carbonyl (C=O) groups excluding carboxylic acids is 1. The number of nitrogens with zero attached hydrogens (tertiary/aromatic N) is 1. The molecule has 0 heterocycles. The number of methoxy groups -OCH3 is 1. The molecule has 0 aliphatic carbocycles. The molecule has 0 radical (unpaired) electrons. The summed E-state index contributed by atoms with van der Waals surface area (Å²) in [6.07, 6.45) is 0. The van der Waals surface area contributed by atoms with Crippen molar-refractivity contribution in [3.05, 3.63) is 29.3 Å². The summed E-state index contributed by atoms with van der Waals surface area (Å²) in [6, 6.07) is 5.86. The van der Waals surface area contributed by atoms with E-state index in [1.807, 2.05) is 25.1 Å². The van der Waals surface area contributed by atoms with Crippen molar-refractivity contribution in [2.75, 3.05) is 14.2 Å². The van der Waals surface area contributed by atoms with Crippen molar-refractivity contribution >= 4 is 5.91 Å². The van der Waals surface area contributed by atoms with Crippen molar-refractivity contribution in [3.8, 4) is 5.75 Å². The van der Waals surface area contributed by atoms with Crippen LogP contribution in [0.15, 0.2) is 18.2 Å². The predicted octanol–water partition coefficient (Wildman–Crippen LogP) is 2.43. The zero-order chi connectivity index (χ0) is 14.8. The van der Waals surface area contributed by atoms with E-state index in [1.165, 1.54) is 0 Å². The minimum atomic E-state index is -0.262. The molecular formula is C15H24N2O2. The highest BCUT2D eigenvalue weighted by molar-refractivity contribution is 5.82. The molecule has 1 atom stereocenters. The molecule has 2 N–H and O–H groups in total. The highest BCUT2D eigenvalue weighted by atomic mass is 16.5. The molecule has 19 heavy (non-hydrogen) atoms. The van der Waals surface area contributed by atoms with Gasteiger partial charge < -0.3 is 4.74 Å². The van der Waals surface area contributed by atoms with Crippen molar-refractivity contribution in [2.45, 2.75) is 39.0 Å². The topological polar surface area (TPSA) is 55.6 Å². The van der Waals surface area contributed by atoms with Gasteiger partial charge in [-0.05, 0) is 29.5 Å². The predicted molar refractivity (Wildman–Crippen MR) is 77.1 cm³/mol. The van der Waals surface area contributed by atoms with Crippen molar-refractivity contribution in [1.82, 2.24) is 5.01 Å². The summed E-state index contributed by atoms with van der Waals surface area (Å²) in [7, 11) is 3.22. The second-order valence-corrected chi connectivity index (χ2v) is 5.88. The number of ether oxygens (including phenoxy) is 1. The molecular weight excluding hydrogens is 240 g/mol. The normalized spacial score (nSPS) is 13.0. The summed E-state index contributed by atoms with van der Waals surface area (Å²) in [4.78, 5) is 11.9. The fourth-order valence-electron chi connectivity index (χ4n) is 2.03. The molecule has 1 aromatic rings. The van der Waals surface area contributed by atoms with Gasteiger partial charge in [-0.25, -0.2) is 5.84 Å². The molecule has 0 aromatic heterocycles. The minimum Gasteiger partial charge on any atom is -0.496 e. The van der Waals surface area contributed by atoms with Gasteiger partial charge in [0.05, 0.1) is 13.0 Å². The largest absolute Gasteiger partial charge is 0.496 e. The monoisotopic (exact) mass is 264 g/mol. The van der Waals surface area contributed by atoms with Crippen LogP contribution in [0, 0.1) is 0 Å². The molecule has 0 saturated carbocycles. The molecule has 0 fully saturated rings. The van der Waals surface area contributed by atoms with E-state index >= 15 is 0 Å². The third kappa shape index (κ3) is 3.47. The van der Waals surface area contributed by atoms with Crippen LogP contribution in [0.25, 0.3) is 0 Å². The first-order valence-electron chi connectivity index (χ1n) is 6.39. The second kappa shape index (κ2) is 5.61. The lowest BCUT2D eigenvalue weighted by atomic mass is 9.84. The Morgan fingerprint density at radius 3 is 2.37 bits per heavy atom. The Balaban J connectivity index is 3.22. The maximum Gasteiger partial charge on any atom is 0.243 e. The standard InChI is InChI=1S/C15H24N2O2/c1-10(14(18)17(5)16)11-7-8-13(19-6)12(9-11)15(2,3)4/h7-10H,16H2,1-6H3. The molecule has 1 amide bonds. The maximum absolute atomic E-state index is 11.9. The van der Waals surface area contributed by atoms with E-state index in [9.17, 15) is 4.79 Å². The van der Waals surface area contributed by atoms with Crippen LogP contribution in [0.2, 0.25) is 0 Å². The molecule has 106 valence electrons. The lowest BCUT2D eigenvalue weighted by molar-refractivity contribution is -0.131. The third-order valence-electron chi connectivity index (χ3n) is 3.25. The van der Waals surface area contributed by atoms with Gasteiger partial charge in [0.15, 0.2) is 0 Å². The van der Waals surface area contributed by atoms with E-state index in [0.29, 0.717) is 0 Å². The van der Waals surface area contributed by atoms with E-state index in [0.717, 1.165) is 21.9 Å². The average molecular weight is 264 g/mol. The molecule has 0 spiro atoms. The fraction of sp³-hybridized carbons (Fsp3) is 0.533. The summed E-state index contributed by atoms with van der Waals surface area (Å²) < 4.78 is 5.39. The van der Waals surface area contributed by atoms with E-state index in [2.05, 4.69) is 20.8 Å². The smallest absolute Gasteiger partial charge is 0.243 e. The fourth-order valence-corrected chi connectivity index (χ4v) is 2.03. The molecule has 0 bridgehead atoms. The van der Waals surface area contributed by atoms with E-state index in [-0.39, 0.29) is 17.2 Å². The van der Waals surface area contributed by atoms with Gasteiger partial charge in [0, 0.05) is 7.05 Å². The Bertz CT molecular complexity index is 462. The molecule has 1 rings (SSSR count). The molecule has 1 unspecified atom stereocenters. The van der Waals surface area contributed by atoms with Gasteiger partial charge >= 0.3 is 0 Å². The summed E-state index contributed by atoms with van der Waals surface area (Å²) in [5.41, 5.74) is 2.00. The number of rotatable bonds is 3. The molecule has 0 saturated heterocycles. The van der Waals surface area contributed by atoms with Crippen LogP contribution < -0.4 is 10.6 Å². The van der Waals surface area contributed by atoms with Crippen molar-refractivity contribution in [3.63, 3.8) is 0 Å². The lowest BCUT2D eigenvalue weighted by Gasteiger charge is -2.24. The molecule has 4 heteroatoms. The Labute approximate surface area is 115 Å². The van der Waals surface area contributed by atoms with E-state index in [1.54, 1.807) is 14.2 Å². The number of likely N-dealkylation sites (N-methyl/N-ethyl adjacent to an activating group) is 1. The first-order chi connectivity index (χ1) is 8.68. The van der Waals surface area contributed by atoms with Crippen LogP contribution in [-0.2, 0) is 10.2 Å². The molecule has 4 nitrogen and oxygen atoms in total. The molecule has 0 aliphatic rings. The Morgan fingerprint density at radius 2 is 1.95 bits per heavy atom. The maximum atomic E-state index is 11.9. The number of nitrogens with two attached hydrogens (primary N) is 1. The van der Waals surface area contributed by atoms with Crippen molar-refractivity contribution in [1.29, 1.82) is 0 Å². The van der Waals surface area contributed by atoms with Crippen molar-refractivity contribution in [2.24, 2.45) is 5.84 Å². The number of amides is 1. The van der Waals surface area contributed by atoms with E-state index < -0.39 is 0 Å². The summed E-state index contributed by atoms with van der Waals surface area (Å²) >= 11 is 0. The zero-order valence-corrected chi connectivity index (χ0v) is 12.7. The van der Waals surface area contributed by atoms with Crippen LogP contribution in [0.3, 0.4) is 0 Å². The number of hydrogen-bond acceptors (Lipinski definition) is 3. The van der Waals surface area contributed by atoms with Crippen LogP contribution in [0.4, 0.5) is 0 Å². The van der Waals surface area contributed by atoms with Gasteiger partial charge in [0.25, 0.3) is 0 Å². The SMILES string of the molecule is COc1ccc(C(C)C(=O)N(C)N)cc1C(C)(C)C. The summed E-state index contributed by atoms with van der Waals surface area (Å²) in [5.74, 6) is 5.99. The Morgan fingerprint density at radius 1 is 1.37 bits per heavy atom. The van der Waals surface area contributed by atoms with Crippen LogP contribution in [0.1, 0.15) is 44.7 Å². The lowest BCUT2D eigenvalue weighted by Crippen LogP contribution is -2.36. The summed E-state index contributed by atoms with van der Waals surface area (Å²) in [5, 5.41) is 1.13. The third-order valence-corrected chi connectivity index (χ3v) is 3.25. The van der Waals surface area contributed by atoms with Crippen LogP contribution in [0.5, 0.6) is 5.75 Å². The molecule has 1 aromatic carbocycles. The average Bonchev–Trinajstić information content (AvgIpc) is 2.35. The van der Waals surface area contributed by atoms with Crippen LogP contribution >= 0.6 is 0 Å². The molecule has 0 aliphatic heterocycles. The Kier molecular flexibility index (Phi) is 4.58. The van der Waals surface area contributed by atoms with Gasteiger partial charge in [-0.3, -0.25) is 9.80 Å². The highest BCUT2D eigenvalue weighted by Crippen LogP contribution is 2.33. The number of hydrazine groups is 1. The first-order valence-corrected chi connectivity index (χ1v) is 6.39. The second-order valence-electron chi connectivity index (χ2n) is 5.88. The van der Waals surface area contributed by atoms with Gasteiger partial charge in [-0.2, -0.15) is 0 Å². The summed E-state index contributed by atoms with van der Waals surface area (Å²) in [6.45, 7) is 8.22. The van der Waals surface area contributed by atoms with Crippen molar-refractivity contribution < 1.29 is 9.53 Å². The number of carbonyl (C=O) groups is 1. The van der Waals surface area contributed by atoms with Gasteiger partial charge in [-0.15, -0.1) is 0 Å². The van der Waals surface area contributed by atoms with Gasteiger partial charge in [0.2, 0.25) is 5.91 Å². The first kappa shape index (κ1) is 15.5. The zero-order valence-electron chi connectivity index (χ0n) is 12.7. The number of hydrogen-bond donors (Lipinski definition) is 1. The minimum absolute atomic E-state index is 0.0429. The van der Waals surface area contributed by atoms with Crippen LogP contribution in [-0.4, -0.2) is 25.1 Å². The van der Waals surface area contributed by atoms with E-state index in [4.69, 9.17) is 10.6 Å². The van der Waals surface area contributed by atoms with Gasteiger partial charge in [0.1, 0.15) is 5.75 Å². The quantitative estimate of drug-likeness (QED) is 0.518. The number of benzene rings is 1. The van der Waals surface area contributed by atoms with Gasteiger partial charge in [-0.1, -0.05) is 32.9 Å². The Hall–Kier alpha value is -1.55.